The van der Waals surface area contributed by atoms with Crippen molar-refractivity contribution in [3.8, 4) is 6.07 Å². The van der Waals surface area contributed by atoms with Gasteiger partial charge in [0.05, 0.1) is 17.2 Å². The monoisotopic (exact) mass is 404 g/mol. The summed E-state index contributed by atoms with van der Waals surface area (Å²) in [4.78, 5) is 38.7. The van der Waals surface area contributed by atoms with Gasteiger partial charge in [-0.05, 0) is 42.8 Å². The van der Waals surface area contributed by atoms with Gasteiger partial charge in [-0.2, -0.15) is 5.26 Å². The van der Waals surface area contributed by atoms with E-state index in [1.165, 1.54) is 0 Å². The number of nitriles is 1. The highest BCUT2D eigenvalue weighted by Gasteiger charge is 2.33. The van der Waals surface area contributed by atoms with Gasteiger partial charge in [-0.3, -0.25) is 14.4 Å². The number of nitrogens with one attached hydrogen (secondary N) is 2. The number of benzene rings is 2. The van der Waals surface area contributed by atoms with Crippen molar-refractivity contribution >= 4 is 29.1 Å². The summed E-state index contributed by atoms with van der Waals surface area (Å²) in [5, 5.41) is 14.7. The first-order chi connectivity index (χ1) is 14.5. The molecule has 1 aliphatic rings. The number of carbonyl (C=O) groups is 3. The fourth-order valence-electron chi connectivity index (χ4n) is 3.35. The van der Waals surface area contributed by atoms with Crippen molar-refractivity contribution in [3.05, 3.63) is 59.7 Å². The predicted molar refractivity (Wildman–Crippen MR) is 114 cm³/mol. The SMILES string of the molecule is CCCCN1CC(C(=O)Nc2ccc(C(=O)Nc3ccccc3C#N)cc2)CC1=O. The zero-order valence-electron chi connectivity index (χ0n) is 16.9. The fraction of sp³-hybridized carbons (Fsp3) is 0.304. The summed E-state index contributed by atoms with van der Waals surface area (Å²) in [5.41, 5.74) is 1.80. The minimum atomic E-state index is -0.361. The molecule has 1 heterocycles. The van der Waals surface area contributed by atoms with Gasteiger partial charge < -0.3 is 15.5 Å². The van der Waals surface area contributed by atoms with Gasteiger partial charge in [0, 0.05) is 30.8 Å². The van der Waals surface area contributed by atoms with E-state index in [1.807, 2.05) is 6.07 Å². The Morgan fingerprint density at radius 3 is 2.57 bits per heavy atom. The van der Waals surface area contributed by atoms with Crippen LogP contribution in [0.25, 0.3) is 0 Å². The van der Waals surface area contributed by atoms with Crippen LogP contribution in [-0.2, 0) is 9.59 Å². The van der Waals surface area contributed by atoms with Gasteiger partial charge in [-0.15, -0.1) is 0 Å². The molecule has 3 amide bonds. The number of anilines is 2. The van der Waals surface area contributed by atoms with Crippen molar-refractivity contribution in [1.29, 1.82) is 5.26 Å². The molecular formula is C23H24N4O3. The molecule has 0 saturated carbocycles. The van der Waals surface area contributed by atoms with Crippen LogP contribution in [-0.4, -0.2) is 35.7 Å². The molecule has 0 aromatic heterocycles. The topological polar surface area (TPSA) is 102 Å². The first kappa shape index (κ1) is 21.1. The Kier molecular flexibility index (Phi) is 6.81. The van der Waals surface area contributed by atoms with E-state index >= 15 is 0 Å². The zero-order valence-corrected chi connectivity index (χ0v) is 16.9. The Bertz CT molecular complexity index is 979. The minimum Gasteiger partial charge on any atom is -0.342 e. The lowest BCUT2D eigenvalue weighted by Crippen LogP contribution is -2.29. The third kappa shape index (κ3) is 5.03. The average Bonchev–Trinajstić information content (AvgIpc) is 3.13. The van der Waals surface area contributed by atoms with Crippen LogP contribution >= 0.6 is 0 Å². The molecule has 7 nitrogen and oxygen atoms in total. The first-order valence-electron chi connectivity index (χ1n) is 10.0. The third-order valence-electron chi connectivity index (χ3n) is 5.08. The third-order valence-corrected chi connectivity index (χ3v) is 5.08. The summed E-state index contributed by atoms with van der Waals surface area (Å²) in [6.45, 7) is 3.21. The molecule has 2 aromatic carbocycles. The first-order valence-corrected chi connectivity index (χ1v) is 10.0. The Hall–Kier alpha value is -3.66. The van der Waals surface area contributed by atoms with Crippen molar-refractivity contribution in [2.24, 2.45) is 5.92 Å². The highest BCUT2D eigenvalue weighted by Crippen LogP contribution is 2.21. The summed E-state index contributed by atoms with van der Waals surface area (Å²) >= 11 is 0. The van der Waals surface area contributed by atoms with Gasteiger partial charge in [0.25, 0.3) is 5.91 Å². The summed E-state index contributed by atoms with van der Waals surface area (Å²) in [7, 11) is 0. The van der Waals surface area contributed by atoms with Gasteiger partial charge in [-0.1, -0.05) is 25.5 Å². The molecule has 154 valence electrons. The molecule has 2 aromatic rings. The summed E-state index contributed by atoms with van der Waals surface area (Å²) in [6.07, 6.45) is 2.17. The van der Waals surface area contributed by atoms with E-state index in [9.17, 15) is 14.4 Å². The fourth-order valence-corrected chi connectivity index (χ4v) is 3.35. The number of unbranched alkanes of at least 4 members (excludes halogenated alkanes) is 1. The minimum absolute atomic E-state index is 0.0215. The Balaban J connectivity index is 1.58. The number of likely N-dealkylation sites (tertiary alicyclic amines) is 1. The lowest BCUT2D eigenvalue weighted by atomic mass is 10.1. The lowest BCUT2D eigenvalue weighted by Gasteiger charge is -2.16. The van der Waals surface area contributed by atoms with Gasteiger partial charge in [0.2, 0.25) is 11.8 Å². The molecule has 1 saturated heterocycles. The highest BCUT2D eigenvalue weighted by molar-refractivity contribution is 6.05. The molecule has 1 unspecified atom stereocenters. The highest BCUT2D eigenvalue weighted by atomic mass is 16.2. The van der Waals surface area contributed by atoms with E-state index in [-0.39, 0.29) is 30.1 Å². The standard InChI is InChI=1S/C23H24N4O3/c1-2-3-12-27-15-18(13-21(27)28)23(30)25-19-10-8-16(9-11-19)22(29)26-20-7-5-4-6-17(20)14-24/h4-11,18H,2-3,12-13,15H2,1H3,(H,25,30)(H,26,29). The van der Waals surface area contributed by atoms with Crippen molar-refractivity contribution in [2.75, 3.05) is 23.7 Å². The van der Waals surface area contributed by atoms with Crippen LogP contribution in [0.1, 0.15) is 42.1 Å². The van der Waals surface area contributed by atoms with Crippen molar-refractivity contribution in [1.82, 2.24) is 4.90 Å². The second-order valence-corrected chi connectivity index (χ2v) is 7.27. The van der Waals surface area contributed by atoms with Crippen LogP contribution in [0.5, 0.6) is 0 Å². The van der Waals surface area contributed by atoms with Gasteiger partial charge in [0.15, 0.2) is 0 Å². The van der Waals surface area contributed by atoms with E-state index in [2.05, 4.69) is 17.6 Å². The van der Waals surface area contributed by atoms with Gasteiger partial charge in [-0.25, -0.2) is 0 Å². The predicted octanol–water partition coefficient (Wildman–Crippen LogP) is 3.40. The average molecular weight is 404 g/mol. The molecule has 30 heavy (non-hydrogen) atoms. The molecule has 1 atom stereocenters. The zero-order chi connectivity index (χ0) is 21.5. The molecule has 0 bridgehead atoms. The van der Waals surface area contributed by atoms with E-state index in [0.717, 1.165) is 12.8 Å². The largest absolute Gasteiger partial charge is 0.342 e. The second-order valence-electron chi connectivity index (χ2n) is 7.27. The van der Waals surface area contributed by atoms with Crippen molar-refractivity contribution in [3.63, 3.8) is 0 Å². The molecule has 0 spiro atoms. The maximum Gasteiger partial charge on any atom is 0.255 e. The number of amides is 3. The van der Waals surface area contributed by atoms with E-state index in [0.29, 0.717) is 35.6 Å². The number of rotatable bonds is 7. The quantitative estimate of drug-likeness (QED) is 0.738. The Morgan fingerprint density at radius 1 is 1.13 bits per heavy atom. The molecule has 1 fully saturated rings. The van der Waals surface area contributed by atoms with Crippen LogP contribution in [0, 0.1) is 17.2 Å². The summed E-state index contributed by atoms with van der Waals surface area (Å²) in [6, 6.07) is 15.3. The van der Waals surface area contributed by atoms with Crippen molar-refractivity contribution < 1.29 is 14.4 Å². The Labute approximate surface area is 175 Å². The molecular weight excluding hydrogens is 380 g/mol. The second kappa shape index (κ2) is 9.70. The summed E-state index contributed by atoms with van der Waals surface area (Å²) in [5.74, 6) is -0.876. The number of para-hydroxylation sites is 1. The number of carbonyl (C=O) groups excluding carboxylic acids is 3. The normalized spacial score (nSPS) is 15.5. The van der Waals surface area contributed by atoms with Crippen molar-refractivity contribution in [2.45, 2.75) is 26.2 Å². The molecule has 0 aliphatic carbocycles. The molecule has 0 radical (unpaired) electrons. The molecule has 1 aliphatic heterocycles. The Morgan fingerprint density at radius 2 is 1.87 bits per heavy atom. The number of hydrogen-bond acceptors (Lipinski definition) is 4. The van der Waals surface area contributed by atoms with Crippen LogP contribution in [0.2, 0.25) is 0 Å². The number of nitrogens with zero attached hydrogens (tertiary/aromatic N) is 2. The molecule has 7 heteroatoms. The molecule has 3 rings (SSSR count). The van der Waals surface area contributed by atoms with E-state index in [1.54, 1.807) is 53.4 Å². The lowest BCUT2D eigenvalue weighted by molar-refractivity contribution is -0.128. The molecule has 2 N–H and O–H groups in total. The van der Waals surface area contributed by atoms with E-state index in [4.69, 9.17) is 5.26 Å². The van der Waals surface area contributed by atoms with Gasteiger partial charge >= 0.3 is 0 Å². The van der Waals surface area contributed by atoms with Crippen LogP contribution in [0.15, 0.2) is 48.5 Å². The maximum atomic E-state index is 12.5. The number of hydrogen-bond donors (Lipinski definition) is 2. The summed E-state index contributed by atoms with van der Waals surface area (Å²) < 4.78 is 0. The van der Waals surface area contributed by atoms with Gasteiger partial charge in [0.1, 0.15) is 6.07 Å². The van der Waals surface area contributed by atoms with E-state index < -0.39 is 0 Å². The smallest absolute Gasteiger partial charge is 0.255 e. The van der Waals surface area contributed by atoms with Crippen LogP contribution in [0.3, 0.4) is 0 Å². The van der Waals surface area contributed by atoms with Crippen LogP contribution < -0.4 is 10.6 Å². The maximum absolute atomic E-state index is 12.5. The van der Waals surface area contributed by atoms with Crippen LogP contribution in [0.4, 0.5) is 11.4 Å².